The topological polar surface area (TPSA) is 22.8 Å². The summed E-state index contributed by atoms with van der Waals surface area (Å²) in [5.41, 5.74) is 10.3. The largest absolute Gasteiger partial charge is 0.308 e. The first-order valence-corrected chi connectivity index (χ1v) is 11.7. The Kier molecular flexibility index (Phi) is 3.97. The first-order valence-electron chi connectivity index (χ1n) is 11.7. The van der Waals surface area contributed by atoms with E-state index in [1.54, 1.807) is 0 Å². The highest BCUT2D eigenvalue weighted by Crippen LogP contribution is 2.37. The number of benzene rings is 4. The van der Waals surface area contributed by atoms with Crippen molar-refractivity contribution in [1.29, 1.82) is 0 Å². The molecule has 0 fully saturated rings. The monoisotopic (exact) mass is 437 g/mol. The molecule has 0 saturated carbocycles. The van der Waals surface area contributed by atoms with Gasteiger partial charge in [-0.25, -0.2) is 4.98 Å². The molecule has 7 aromatic rings. The number of fused-ring (bicyclic) bond motifs is 6. The molecule has 0 N–H and O–H groups in total. The van der Waals surface area contributed by atoms with E-state index in [1.807, 2.05) is 0 Å². The van der Waals surface area contributed by atoms with Gasteiger partial charge in [0.05, 0.1) is 22.1 Å². The molecule has 3 heterocycles. The van der Waals surface area contributed by atoms with E-state index < -0.39 is 0 Å². The summed E-state index contributed by atoms with van der Waals surface area (Å²) in [4.78, 5) is 5.36. The van der Waals surface area contributed by atoms with Gasteiger partial charge in [-0.3, -0.25) is 4.57 Å². The van der Waals surface area contributed by atoms with Crippen molar-refractivity contribution in [3.63, 3.8) is 0 Å². The Labute approximate surface area is 197 Å². The SMILES string of the molecule is Cc1cccc(-n2c3ccccc3c3nc4c(cc32)c2ccccc2n4-c2cccc(C)c2)c1. The van der Waals surface area contributed by atoms with Gasteiger partial charge in [0, 0.05) is 27.5 Å². The lowest BCUT2D eigenvalue weighted by Crippen LogP contribution is -1.97. The lowest BCUT2D eigenvalue weighted by molar-refractivity contribution is 1.14. The van der Waals surface area contributed by atoms with Crippen molar-refractivity contribution >= 4 is 43.9 Å². The van der Waals surface area contributed by atoms with Gasteiger partial charge in [0.1, 0.15) is 5.65 Å². The van der Waals surface area contributed by atoms with Crippen LogP contribution in [0.15, 0.2) is 103 Å². The van der Waals surface area contributed by atoms with Crippen LogP contribution < -0.4 is 0 Å². The number of pyridine rings is 1. The van der Waals surface area contributed by atoms with Gasteiger partial charge in [-0.2, -0.15) is 0 Å². The van der Waals surface area contributed by atoms with E-state index in [0.717, 1.165) is 28.1 Å². The van der Waals surface area contributed by atoms with Gasteiger partial charge in [-0.05, 0) is 67.4 Å². The maximum absolute atomic E-state index is 5.36. The number of nitrogens with zero attached hydrogens (tertiary/aromatic N) is 3. The lowest BCUT2D eigenvalue weighted by atomic mass is 10.1. The number of aromatic nitrogens is 3. The second-order valence-electron chi connectivity index (χ2n) is 9.11. The van der Waals surface area contributed by atoms with Crippen LogP contribution in [0.5, 0.6) is 0 Å². The molecule has 0 spiro atoms. The van der Waals surface area contributed by atoms with Crippen molar-refractivity contribution in [2.75, 3.05) is 0 Å². The van der Waals surface area contributed by atoms with Gasteiger partial charge in [0.25, 0.3) is 0 Å². The van der Waals surface area contributed by atoms with Crippen molar-refractivity contribution in [1.82, 2.24) is 14.1 Å². The quantitative estimate of drug-likeness (QED) is 0.270. The molecule has 0 atom stereocenters. The Hall–Kier alpha value is -4.37. The normalized spacial score (nSPS) is 11.8. The van der Waals surface area contributed by atoms with E-state index in [1.165, 1.54) is 38.3 Å². The van der Waals surface area contributed by atoms with E-state index >= 15 is 0 Å². The van der Waals surface area contributed by atoms with Gasteiger partial charge >= 0.3 is 0 Å². The molecule has 3 heteroatoms. The highest BCUT2D eigenvalue weighted by molar-refractivity contribution is 6.15. The fourth-order valence-corrected chi connectivity index (χ4v) is 5.31. The summed E-state index contributed by atoms with van der Waals surface area (Å²) in [7, 11) is 0. The van der Waals surface area contributed by atoms with Crippen LogP contribution in [0.2, 0.25) is 0 Å². The van der Waals surface area contributed by atoms with Gasteiger partial charge < -0.3 is 4.57 Å². The second-order valence-corrected chi connectivity index (χ2v) is 9.11. The zero-order valence-electron chi connectivity index (χ0n) is 19.2. The van der Waals surface area contributed by atoms with Crippen LogP contribution in [0.4, 0.5) is 0 Å². The highest BCUT2D eigenvalue weighted by Gasteiger charge is 2.19. The molecule has 0 saturated heterocycles. The third-order valence-electron chi connectivity index (χ3n) is 6.79. The molecule has 0 aliphatic carbocycles. The van der Waals surface area contributed by atoms with Gasteiger partial charge in [0.15, 0.2) is 0 Å². The van der Waals surface area contributed by atoms with E-state index in [-0.39, 0.29) is 0 Å². The number of rotatable bonds is 2. The van der Waals surface area contributed by atoms with Crippen molar-refractivity contribution in [2.24, 2.45) is 0 Å². The summed E-state index contributed by atoms with van der Waals surface area (Å²) >= 11 is 0. The molecule has 7 rings (SSSR count). The number of aryl methyl sites for hydroxylation is 2. The first kappa shape index (κ1) is 19.1. The van der Waals surface area contributed by atoms with Crippen LogP contribution in [0, 0.1) is 13.8 Å². The molecule has 3 nitrogen and oxygen atoms in total. The van der Waals surface area contributed by atoms with Crippen LogP contribution >= 0.6 is 0 Å². The van der Waals surface area contributed by atoms with E-state index in [2.05, 4.69) is 126 Å². The van der Waals surface area contributed by atoms with Gasteiger partial charge in [-0.1, -0.05) is 60.7 Å². The summed E-state index contributed by atoms with van der Waals surface area (Å²) < 4.78 is 4.65. The molecule has 0 aliphatic heterocycles. The Balaban J connectivity index is 1.68. The summed E-state index contributed by atoms with van der Waals surface area (Å²) in [6.45, 7) is 4.28. The smallest absolute Gasteiger partial charge is 0.146 e. The molecule has 4 aromatic carbocycles. The van der Waals surface area contributed by atoms with Gasteiger partial charge in [-0.15, -0.1) is 0 Å². The molecule has 0 radical (unpaired) electrons. The standard InChI is InChI=1S/C31H23N3/c1-20-9-7-11-22(17-20)33-28-16-6-4-14-25(28)30-29(33)19-26-24-13-3-5-15-27(24)34(31(26)32-30)23-12-8-10-21(2)18-23/h3-19H,1-2H3. The minimum absolute atomic E-state index is 0.992. The van der Waals surface area contributed by atoms with Crippen molar-refractivity contribution in [3.8, 4) is 11.4 Å². The summed E-state index contributed by atoms with van der Waals surface area (Å²) in [6, 6.07) is 36.9. The zero-order chi connectivity index (χ0) is 22.8. The summed E-state index contributed by atoms with van der Waals surface area (Å²) in [6.07, 6.45) is 0. The van der Waals surface area contributed by atoms with Crippen LogP contribution in [0.1, 0.15) is 11.1 Å². The number of para-hydroxylation sites is 2. The molecular weight excluding hydrogens is 414 g/mol. The minimum atomic E-state index is 0.992. The maximum Gasteiger partial charge on any atom is 0.146 e. The summed E-state index contributed by atoms with van der Waals surface area (Å²) in [5, 5.41) is 3.55. The van der Waals surface area contributed by atoms with Gasteiger partial charge in [0.2, 0.25) is 0 Å². The van der Waals surface area contributed by atoms with Crippen molar-refractivity contribution in [3.05, 3.63) is 114 Å². The number of hydrogen-bond acceptors (Lipinski definition) is 1. The Morgan fingerprint density at radius 2 is 1.09 bits per heavy atom. The number of hydrogen-bond donors (Lipinski definition) is 0. The summed E-state index contributed by atoms with van der Waals surface area (Å²) in [5.74, 6) is 0. The molecule has 0 amide bonds. The van der Waals surface area contributed by atoms with Crippen molar-refractivity contribution in [2.45, 2.75) is 13.8 Å². The molecule has 162 valence electrons. The fourth-order valence-electron chi connectivity index (χ4n) is 5.31. The van der Waals surface area contributed by atoms with Crippen molar-refractivity contribution < 1.29 is 0 Å². The highest BCUT2D eigenvalue weighted by atomic mass is 15.1. The zero-order valence-corrected chi connectivity index (χ0v) is 19.2. The first-order chi connectivity index (χ1) is 16.7. The minimum Gasteiger partial charge on any atom is -0.308 e. The predicted octanol–water partition coefficient (Wildman–Crippen LogP) is 7.89. The third-order valence-corrected chi connectivity index (χ3v) is 6.79. The lowest BCUT2D eigenvalue weighted by Gasteiger charge is -2.09. The van der Waals surface area contributed by atoms with Crippen LogP contribution in [-0.4, -0.2) is 14.1 Å². The third kappa shape index (κ3) is 2.67. The van der Waals surface area contributed by atoms with Crippen LogP contribution in [0.25, 0.3) is 55.2 Å². The fraction of sp³-hybridized carbons (Fsp3) is 0.0645. The predicted molar refractivity (Wildman–Crippen MR) is 142 cm³/mol. The Morgan fingerprint density at radius 1 is 0.500 bits per heavy atom. The average molecular weight is 438 g/mol. The maximum atomic E-state index is 5.36. The average Bonchev–Trinajstić information content (AvgIpc) is 3.35. The molecule has 34 heavy (non-hydrogen) atoms. The molecule has 3 aromatic heterocycles. The van der Waals surface area contributed by atoms with E-state index in [0.29, 0.717) is 0 Å². The molecule has 0 unspecified atom stereocenters. The molecule has 0 aliphatic rings. The van der Waals surface area contributed by atoms with Crippen LogP contribution in [0.3, 0.4) is 0 Å². The Bertz CT molecular complexity index is 1740. The van der Waals surface area contributed by atoms with E-state index in [9.17, 15) is 0 Å². The molecular formula is C31H23N3. The van der Waals surface area contributed by atoms with Crippen LogP contribution in [-0.2, 0) is 0 Å². The Morgan fingerprint density at radius 3 is 1.76 bits per heavy atom. The molecule has 0 bridgehead atoms. The van der Waals surface area contributed by atoms with E-state index in [4.69, 9.17) is 4.98 Å². The second kappa shape index (κ2) is 7.06.